The first kappa shape index (κ1) is 25.9. The van der Waals surface area contributed by atoms with E-state index in [1.165, 1.54) is 17.3 Å². The van der Waals surface area contributed by atoms with E-state index in [1.54, 1.807) is 16.3 Å². The number of benzene rings is 2. The second-order valence-electron chi connectivity index (χ2n) is 9.08. The Morgan fingerprint density at radius 1 is 1.05 bits per heavy atom. The molecule has 1 atom stereocenters. The molecule has 2 amide bonds. The standard InChI is InChI=1S/C28H28N6O2S2/c1-19-10-12-21(13-11-19)23-16-22(24-9-6-14-37-24)32-34(23)27(36)18-38-28-31-30-25(33(28)2)17-29-26(35)15-20-7-4-3-5-8-20/h3-14,23H,15-18H2,1-2H3,(H,29,35). The van der Waals surface area contributed by atoms with Gasteiger partial charge in [0.1, 0.15) is 0 Å². The normalized spacial score (nSPS) is 14.9. The number of rotatable bonds is 9. The number of thiophene rings is 1. The minimum Gasteiger partial charge on any atom is -0.349 e. The van der Waals surface area contributed by atoms with E-state index < -0.39 is 0 Å². The van der Waals surface area contributed by atoms with Crippen molar-refractivity contribution in [2.24, 2.45) is 12.1 Å². The number of thioether (sulfide) groups is 1. The van der Waals surface area contributed by atoms with Crippen LogP contribution in [0.2, 0.25) is 0 Å². The maximum Gasteiger partial charge on any atom is 0.253 e. The first-order valence-corrected chi connectivity index (χ1v) is 14.2. The summed E-state index contributed by atoms with van der Waals surface area (Å²) >= 11 is 2.95. The molecule has 10 heteroatoms. The monoisotopic (exact) mass is 544 g/mol. The number of aromatic nitrogens is 3. The van der Waals surface area contributed by atoms with E-state index in [0.717, 1.165) is 21.7 Å². The van der Waals surface area contributed by atoms with Crippen molar-refractivity contribution in [3.63, 3.8) is 0 Å². The molecule has 0 aliphatic carbocycles. The van der Waals surface area contributed by atoms with Gasteiger partial charge in [0.2, 0.25) is 5.91 Å². The molecular formula is C28H28N6O2S2. The van der Waals surface area contributed by atoms with Crippen LogP contribution in [0.3, 0.4) is 0 Å². The van der Waals surface area contributed by atoms with E-state index in [9.17, 15) is 9.59 Å². The van der Waals surface area contributed by atoms with Gasteiger partial charge in [0.25, 0.3) is 5.91 Å². The summed E-state index contributed by atoms with van der Waals surface area (Å²) in [5, 5.41) is 20.3. The lowest BCUT2D eigenvalue weighted by molar-refractivity contribution is -0.130. The Bertz CT molecular complexity index is 1430. The van der Waals surface area contributed by atoms with Crippen molar-refractivity contribution < 1.29 is 9.59 Å². The van der Waals surface area contributed by atoms with Crippen molar-refractivity contribution in [3.8, 4) is 0 Å². The number of hydrogen-bond donors (Lipinski definition) is 1. The molecule has 38 heavy (non-hydrogen) atoms. The Morgan fingerprint density at radius 2 is 1.84 bits per heavy atom. The third-order valence-corrected chi connectivity index (χ3v) is 8.26. The van der Waals surface area contributed by atoms with Gasteiger partial charge in [-0.05, 0) is 29.5 Å². The highest BCUT2D eigenvalue weighted by Gasteiger charge is 2.33. The smallest absolute Gasteiger partial charge is 0.253 e. The van der Waals surface area contributed by atoms with Crippen molar-refractivity contribution in [2.45, 2.75) is 37.5 Å². The number of hydrazone groups is 1. The van der Waals surface area contributed by atoms with Crippen molar-refractivity contribution in [1.29, 1.82) is 0 Å². The zero-order valence-electron chi connectivity index (χ0n) is 21.2. The molecular weight excluding hydrogens is 516 g/mol. The molecule has 194 valence electrons. The summed E-state index contributed by atoms with van der Waals surface area (Å²) < 4.78 is 1.81. The lowest BCUT2D eigenvalue weighted by Gasteiger charge is -2.22. The number of carbonyl (C=O) groups is 2. The molecule has 2 aromatic carbocycles. The van der Waals surface area contributed by atoms with Gasteiger partial charge in [-0.15, -0.1) is 21.5 Å². The van der Waals surface area contributed by atoms with E-state index in [4.69, 9.17) is 5.10 Å². The molecule has 0 saturated carbocycles. The largest absolute Gasteiger partial charge is 0.349 e. The van der Waals surface area contributed by atoms with Crippen LogP contribution in [0.5, 0.6) is 0 Å². The number of amides is 2. The highest BCUT2D eigenvalue weighted by Crippen LogP contribution is 2.34. The fourth-order valence-electron chi connectivity index (χ4n) is 4.22. The summed E-state index contributed by atoms with van der Waals surface area (Å²) in [6, 6.07) is 21.8. The van der Waals surface area contributed by atoms with Crippen LogP contribution in [-0.2, 0) is 29.6 Å². The molecule has 2 aromatic heterocycles. The van der Waals surface area contributed by atoms with Gasteiger partial charge in [-0.25, -0.2) is 5.01 Å². The lowest BCUT2D eigenvalue weighted by atomic mass is 10.00. The van der Waals surface area contributed by atoms with E-state index in [-0.39, 0.29) is 30.2 Å². The maximum absolute atomic E-state index is 13.4. The maximum atomic E-state index is 13.4. The molecule has 8 nitrogen and oxygen atoms in total. The fraction of sp³-hybridized carbons (Fsp3) is 0.250. The molecule has 1 aliphatic rings. The zero-order valence-corrected chi connectivity index (χ0v) is 22.8. The van der Waals surface area contributed by atoms with Crippen LogP contribution in [0.15, 0.2) is 82.4 Å². The summed E-state index contributed by atoms with van der Waals surface area (Å²) in [6.45, 7) is 2.31. The molecule has 4 aromatic rings. The van der Waals surface area contributed by atoms with E-state index in [2.05, 4.69) is 46.7 Å². The van der Waals surface area contributed by atoms with Crippen LogP contribution in [0.25, 0.3) is 0 Å². The first-order valence-electron chi connectivity index (χ1n) is 12.3. The van der Waals surface area contributed by atoms with Crippen LogP contribution in [-0.4, -0.2) is 43.1 Å². The van der Waals surface area contributed by atoms with Crippen LogP contribution in [0.4, 0.5) is 0 Å². The van der Waals surface area contributed by atoms with Gasteiger partial charge in [-0.2, -0.15) is 5.10 Å². The van der Waals surface area contributed by atoms with E-state index >= 15 is 0 Å². The highest BCUT2D eigenvalue weighted by molar-refractivity contribution is 7.99. The quantitative estimate of drug-likeness (QED) is 0.313. The molecule has 1 N–H and O–H groups in total. The third kappa shape index (κ3) is 6.03. The summed E-state index contributed by atoms with van der Waals surface area (Å²) in [5.41, 5.74) is 4.12. The van der Waals surface area contributed by atoms with Gasteiger partial charge < -0.3 is 9.88 Å². The van der Waals surface area contributed by atoms with Crippen LogP contribution in [0.1, 0.15) is 39.9 Å². The summed E-state index contributed by atoms with van der Waals surface area (Å²) in [7, 11) is 1.84. The molecule has 0 spiro atoms. The average Bonchev–Trinajstić information content (AvgIpc) is 3.68. The van der Waals surface area contributed by atoms with Crippen LogP contribution in [0, 0.1) is 6.92 Å². The van der Waals surface area contributed by atoms with Crippen molar-refractivity contribution in [1.82, 2.24) is 25.1 Å². The Kier molecular flexibility index (Phi) is 8.00. The molecule has 5 rings (SSSR count). The Hall–Kier alpha value is -3.76. The number of aryl methyl sites for hydroxylation is 1. The Balaban J connectivity index is 1.22. The van der Waals surface area contributed by atoms with Gasteiger partial charge in [-0.3, -0.25) is 9.59 Å². The summed E-state index contributed by atoms with van der Waals surface area (Å²) in [4.78, 5) is 26.8. The Morgan fingerprint density at radius 3 is 2.58 bits per heavy atom. The topological polar surface area (TPSA) is 92.5 Å². The summed E-state index contributed by atoms with van der Waals surface area (Å²) in [6.07, 6.45) is 0.984. The number of nitrogens with zero attached hydrogens (tertiary/aromatic N) is 5. The predicted molar refractivity (Wildman–Crippen MR) is 150 cm³/mol. The zero-order chi connectivity index (χ0) is 26.5. The Labute approximate surface area is 229 Å². The number of carbonyl (C=O) groups excluding carboxylic acids is 2. The van der Waals surface area contributed by atoms with Gasteiger partial charge in [0, 0.05) is 13.5 Å². The minimum atomic E-state index is -0.143. The molecule has 1 unspecified atom stereocenters. The number of nitrogens with one attached hydrogen (secondary N) is 1. The van der Waals surface area contributed by atoms with Gasteiger partial charge in [0.05, 0.1) is 35.3 Å². The highest BCUT2D eigenvalue weighted by atomic mass is 32.2. The molecule has 0 bridgehead atoms. The second kappa shape index (κ2) is 11.7. The molecule has 0 saturated heterocycles. The second-order valence-corrected chi connectivity index (χ2v) is 11.0. The molecule has 1 aliphatic heterocycles. The fourth-order valence-corrected chi connectivity index (χ4v) is 5.72. The van der Waals surface area contributed by atoms with Gasteiger partial charge in [0.15, 0.2) is 11.0 Å². The van der Waals surface area contributed by atoms with Crippen molar-refractivity contribution in [3.05, 3.63) is 99.5 Å². The SMILES string of the molecule is Cc1ccc(C2CC(c3cccs3)=NN2C(=O)CSc2nnc(CNC(=O)Cc3ccccc3)n2C)cc1. The van der Waals surface area contributed by atoms with E-state index in [0.29, 0.717) is 23.8 Å². The van der Waals surface area contributed by atoms with Gasteiger partial charge >= 0.3 is 0 Å². The third-order valence-electron chi connectivity index (χ3n) is 6.33. The van der Waals surface area contributed by atoms with Crippen molar-refractivity contribution >= 4 is 40.6 Å². The lowest BCUT2D eigenvalue weighted by Crippen LogP contribution is -2.28. The first-order chi connectivity index (χ1) is 18.5. The average molecular weight is 545 g/mol. The molecule has 0 radical (unpaired) electrons. The van der Waals surface area contributed by atoms with Crippen LogP contribution < -0.4 is 5.32 Å². The molecule has 3 heterocycles. The predicted octanol–water partition coefficient (Wildman–Crippen LogP) is 4.51. The van der Waals surface area contributed by atoms with Crippen LogP contribution >= 0.6 is 23.1 Å². The van der Waals surface area contributed by atoms with E-state index in [1.807, 2.05) is 59.5 Å². The number of hydrogen-bond acceptors (Lipinski definition) is 7. The minimum absolute atomic E-state index is 0.0841. The molecule has 0 fully saturated rings. The summed E-state index contributed by atoms with van der Waals surface area (Å²) in [5.74, 6) is 0.626. The van der Waals surface area contributed by atoms with Crippen molar-refractivity contribution in [2.75, 3.05) is 5.75 Å². The van der Waals surface area contributed by atoms with Gasteiger partial charge in [-0.1, -0.05) is 78.0 Å².